The first kappa shape index (κ1) is 35.1. The summed E-state index contributed by atoms with van der Waals surface area (Å²) in [5.74, 6) is 0.632. The van der Waals surface area contributed by atoms with Crippen LogP contribution in [0.25, 0.3) is 11.1 Å². The van der Waals surface area contributed by atoms with E-state index in [9.17, 15) is 9.59 Å². The van der Waals surface area contributed by atoms with Crippen molar-refractivity contribution in [3.05, 3.63) is 77.9 Å². The van der Waals surface area contributed by atoms with Gasteiger partial charge >= 0.3 is 6.09 Å². The first-order chi connectivity index (χ1) is 23.3. The molecule has 0 aliphatic carbocycles. The molecule has 0 saturated carbocycles. The quantitative estimate of drug-likeness (QED) is 0.147. The molecular weight excluding hydrogens is 635 g/mol. The molecule has 0 radical (unpaired) electrons. The summed E-state index contributed by atoms with van der Waals surface area (Å²) >= 11 is 0. The molecule has 3 saturated heterocycles. The highest BCUT2D eigenvalue weighted by atomic mass is 28.4. The summed E-state index contributed by atoms with van der Waals surface area (Å²) < 4.78 is 23.8. The van der Waals surface area contributed by atoms with E-state index in [4.69, 9.17) is 18.6 Å². The highest BCUT2D eigenvalue weighted by molar-refractivity contribution is 6.74. The number of piperidine rings is 1. The number of rotatable bonds is 12. The Bertz CT molecular complexity index is 1640. The molecule has 2 amide bonds. The molecule has 5 atom stereocenters. The Balaban J connectivity index is 1.04. The zero-order valence-corrected chi connectivity index (χ0v) is 30.9. The van der Waals surface area contributed by atoms with Gasteiger partial charge in [0.15, 0.2) is 8.32 Å². The molecule has 6 rings (SSSR count). The van der Waals surface area contributed by atoms with E-state index in [1.807, 2.05) is 60.7 Å². The van der Waals surface area contributed by atoms with Crippen LogP contribution in [0, 0.1) is 0 Å². The number of anilines is 2. The van der Waals surface area contributed by atoms with Crippen molar-refractivity contribution in [3.8, 4) is 16.9 Å². The standard InChI is InChI=1S/C39H51N3O6Si/c1-39(2,3)49(6,7)46-24-27-17-18-28(21-34(27)45-5)40-35(43)15-11-12-25-16-19-30(26-13-9-8-10-14-26)31(20-25)41-38(44)47-29-22-32-36-37(48-36)33(23-29)42(32)4/h8-10,13-14,16-21,29,32-33,36-37H,11-12,15,22-24H2,1-7H3,(H,40,43)(H,41,44)/t29?,32-,33+,36-,37+. The van der Waals surface area contributed by atoms with Gasteiger partial charge in [-0.25, -0.2) is 4.79 Å². The second kappa shape index (κ2) is 14.3. The number of ether oxygens (including phenoxy) is 3. The maximum Gasteiger partial charge on any atom is 0.411 e. The van der Waals surface area contributed by atoms with E-state index >= 15 is 0 Å². The number of methoxy groups -OCH3 is 1. The fraction of sp³-hybridized carbons (Fsp3) is 0.487. The van der Waals surface area contributed by atoms with Gasteiger partial charge in [0.25, 0.3) is 0 Å². The van der Waals surface area contributed by atoms with Gasteiger partial charge in [-0.15, -0.1) is 0 Å². The van der Waals surface area contributed by atoms with Gasteiger partial charge in [0.1, 0.15) is 24.1 Å². The number of amides is 2. The number of carbonyl (C=O) groups excluding carboxylic acids is 2. The Labute approximate surface area is 291 Å². The maximum absolute atomic E-state index is 13.2. The van der Waals surface area contributed by atoms with Gasteiger partial charge in [-0.05, 0) is 61.3 Å². The molecule has 0 spiro atoms. The molecule has 3 heterocycles. The van der Waals surface area contributed by atoms with Crippen LogP contribution in [0.2, 0.25) is 18.1 Å². The fourth-order valence-electron chi connectivity index (χ4n) is 6.90. The first-order valence-corrected chi connectivity index (χ1v) is 20.4. The number of hydrogen-bond donors (Lipinski definition) is 2. The van der Waals surface area contributed by atoms with Crippen LogP contribution in [0.1, 0.15) is 57.6 Å². The number of benzene rings is 3. The number of morpholine rings is 1. The maximum atomic E-state index is 13.2. The summed E-state index contributed by atoms with van der Waals surface area (Å²) in [5, 5.41) is 6.18. The average Bonchev–Trinajstić information content (AvgIpc) is 3.82. The van der Waals surface area contributed by atoms with Gasteiger partial charge in [0, 0.05) is 54.2 Å². The molecule has 2 N–H and O–H groups in total. The number of likely N-dealkylation sites (N-methyl/N-ethyl adjacent to an activating group) is 1. The molecule has 3 aromatic rings. The van der Waals surface area contributed by atoms with Gasteiger partial charge in [0.2, 0.25) is 5.91 Å². The lowest BCUT2D eigenvalue weighted by Gasteiger charge is -2.37. The average molecular weight is 686 g/mol. The Kier molecular flexibility index (Phi) is 10.2. The van der Waals surface area contributed by atoms with Crippen molar-refractivity contribution in [3.63, 3.8) is 0 Å². The minimum absolute atomic E-state index is 0.0645. The third-order valence-corrected chi connectivity index (χ3v) is 15.4. The minimum atomic E-state index is -1.91. The summed E-state index contributed by atoms with van der Waals surface area (Å²) in [6, 6.07) is 22.4. The molecule has 3 aromatic carbocycles. The van der Waals surface area contributed by atoms with E-state index in [0.717, 1.165) is 35.1 Å². The second-order valence-corrected chi connectivity index (χ2v) is 20.0. The normalized spacial score (nSPS) is 23.0. The smallest absolute Gasteiger partial charge is 0.411 e. The van der Waals surface area contributed by atoms with Gasteiger partial charge in [-0.1, -0.05) is 69.3 Å². The molecule has 2 bridgehead atoms. The van der Waals surface area contributed by atoms with E-state index in [1.54, 1.807) is 7.11 Å². The van der Waals surface area contributed by atoms with E-state index in [2.05, 4.69) is 62.5 Å². The van der Waals surface area contributed by atoms with Crippen molar-refractivity contribution in [2.24, 2.45) is 0 Å². The number of nitrogens with one attached hydrogen (secondary N) is 2. The predicted molar refractivity (Wildman–Crippen MR) is 196 cm³/mol. The number of epoxide rings is 1. The van der Waals surface area contributed by atoms with Crippen LogP contribution in [-0.2, 0) is 31.7 Å². The first-order valence-electron chi connectivity index (χ1n) is 17.5. The lowest BCUT2D eigenvalue weighted by Crippen LogP contribution is -2.48. The van der Waals surface area contributed by atoms with Gasteiger partial charge in [0.05, 0.1) is 19.4 Å². The highest BCUT2D eigenvalue weighted by Crippen LogP contribution is 2.48. The van der Waals surface area contributed by atoms with Crippen molar-refractivity contribution < 1.29 is 28.2 Å². The summed E-state index contributed by atoms with van der Waals surface area (Å²) in [5.41, 5.74) is 5.31. The van der Waals surface area contributed by atoms with Crippen LogP contribution < -0.4 is 15.4 Å². The van der Waals surface area contributed by atoms with E-state index in [-0.39, 0.29) is 29.3 Å². The molecular formula is C39H51N3O6Si. The zero-order chi connectivity index (χ0) is 34.9. The Morgan fingerprint density at radius 3 is 2.35 bits per heavy atom. The molecule has 9 nitrogen and oxygen atoms in total. The van der Waals surface area contributed by atoms with Crippen molar-refractivity contribution in [2.75, 3.05) is 24.8 Å². The third kappa shape index (κ3) is 8.04. The van der Waals surface area contributed by atoms with E-state index in [0.29, 0.717) is 55.1 Å². The highest BCUT2D eigenvalue weighted by Gasteiger charge is 2.62. The van der Waals surface area contributed by atoms with Crippen LogP contribution in [0.5, 0.6) is 5.75 Å². The largest absolute Gasteiger partial charge is 0.496 e. The van der Waals surface area contributed by atoms with Crippen LogP contribution in [0.4, 0.5) is 16.2 Å². The van der Waals surface area contributed by atoms with Crippen molar-refractivity contribution in [1.29, 1.82) is 0 Å². The van der Waals surface area contributed by atoms with Gasteiger partial charge in [-0.3, -0.25) is 15.0 Å². The Morgan fingerprint density at radius 2 is 1.67 bits per heavy atom. The van der Waals surface area contributed by atoms with E-state index < -0.39 is 14.4 Å². The fourth-order valence-corrected chi connectivity index (χ4v) is 7.85. The SMILES string of the molecule is COc1cc(NC(=O)CCCc2ccc(-c3ccccc3)c(NC(=O)OC3C[C@@H]4[C@H]5O[C@H]5[C@H](C3)N4C)c2)ccc1CO[Si](C)(C)C(C)(C)C. The predicted octanol–water partition coefficient (Wildman–Crippen LogP) is 8.01. The topological polar surface area (TPSA) is 102 Å². The summed E-state index contributed by atoms with van der Waals surface area (Å²) in [4.78, 5) is 28.5. The third-order valence-electron chi connectivity index (χ3n) is 10.9. The van der Waals surface area contributed by atoms with Crippen molar-refractivity contribution in [1.82, 2.24) is 4.90 Å². The Hall–Kier alpha value is -3.70. The van der Waals surface area contributed by atoms with E-state index in [1.165, 1.54) is 0 Å². The lowest BCUT2D eigenvalue weighted by atomic mass is 9.99. The van der Waals surface area contributed by atoms with Crippen LogP contribution in [-0.4, -0.2) is 69.8 Å². The van der Waals surface area contributed by atoms with Crippen LogP contribution in [0.3, 0.4) is 0 Å². The molecule has 262 valence electrons. The zero-order valence-electron chi connectivity index (χ0n) is 29.9. The molecule has 1 unspecified atom stereocenters. The van der Waals surface area contributed by atoms with Crippen molar-refractivity contribution >= 4 is 31.7 Å². The van der Waals surface area contributed by atoms with Crippen LogP contribution in [0.15, 0.2) is 66.7 Å². The second-order valence-electron chi connectivity index (χ2n) is 15.2. The molecule has 0 aromatic heterocycles. The molecule has 3 aliphatic rings. The number of fused-ring (bicyclic) bond motifs is 5. The molecule has 3 aliphatic heterocycles. The summed E-state index contributed by atoms with van der Waals surface area (Å²) in [7, 11) is 1.87. The number of aryl methyl sites for hydroxylation is 1. The number of hydrogen-bond acceptors (Lipinski definition) is 7. The molecule has 10 heteroatoms. The summed E-state index contributed by atoms with van der Waals surface area (Å²) in [6.07, 6.45) is 3.27. The number of carbonyl (C=O) groups is 2. The van der Waals surface area contributed by atoms with Gasteiger partial charge in [-0.2, -0.15) is 0 Å². The number of nitrogens with zero attached hydrogens (tertiary/aromatic N) is 1. The van der Waals surface area contributed by atoms with Crippen LogP contribution >= 0.6 is 0 Å². The lowest BCUT2D eigenvalue weighted by molar-refractivity contribution is -0.116. The monoisotopic (exact) mass is 685 g/mol. The summed E-state index contributed by atoms with van der Waals surface area (Å²) in [6.45, 7) is 11.6. The Morgan fingerprint density at radius 1 is 0.959 bits per heavy atom. The van der Waals surface area contributed by atoms with Crippen molar-refractivity contribution in [2.45, 2.75) is 108 Å². The molecule has 49 heavy (non-hydrogen) atoms. The minimum Gasteiger partial charge on any atom is -0.496 e. The van der Waals surface area contributed by atoms with Gasteiger partial charge < -0.3 is 24.0 Å². The molecule has 3 fully saturated rings.